The Labute approximate surface area is 294 Å². The zero-order valence-corrected chi connectivity index (χ0v) is 29.0. The monoisotopic (exact) mass is 638 g/mol. The molecule has 0 bridgehead atoms. The Bertz CT molecular complexity index is 2610. The summed E-state index contributed by atoms with van der Waals surface area (Å²) < 4.78 is 0. The molecule has 0 aromatic heterocycles. The van der Waals surface area contributed by atoms with E-state index in [0.29, 0.717) is 0 Å². The van der Waals surface area contributed by atoms with Gasteiger partial charge in [0.15, 0.2) is 0 Å². The Hall–Kier alpha value is -5.72. The van der Waals surface area contributed by atoms with Crippen LogP contribution in [0.1, 0.15) is 49.9 Å². The summed E-state index contributed by atoms with van der Waals surface area (Å²) in [6, 6.07) is 59.0. The van der Waals surface area contributed by atoms with E-state index in [-0.39, 0.29) is 10.8 Å². The molecule has 0 unspecified atom stereocenters. The van der Waals surface area contributed by atoms with Gasteiger partial charge in [0.05, 0.1) is 0 Å². The number of rotatable bonds is 3. The Morgan fingerprint density at radius 3 is 1.28 bits per heavy atom. The summed E-state index contributed by atoms with van der Waals surface area (Å²) in [6.45, 7) is 9.57. The van der Waals surface area contributed by atoms with E-state index in [9.17, 15) is 0 Å². The van der Waals surface area contributed by atoms with E-state index >= 15 is 0 Å². The van der Waals surface area contributed by atoms with Crippen molar-refractivity contribution < 1.29 is 0 Å². The van der Waals surface area contributed by atoms with Gasteiger partial charge in [-0.15, -0.1) is 0 Å². The van der Waals surface area contributed by atoms with Crippen molar-refractivity contribution in [2.75, 3.05) is 0 Å². The lowest BCUT2D eigenvalue weighted by Gasteiger charge is -2.24. The molecule has 238 valence electrons. The SMILES string of the molecule is CC1(C)c2ccccc2-c2c1ccc1c2-c2cc(-c3c4ccccc4c(-c4ccc(-c5ccccc5)cc4)c4ccccc34)ccc2C1(C)C. The van der Waals surface area contributed by atoms with Crippen LogP contribution < -0.4 is 0 Å². The lowest BCUT2D eigenvalue weighted by atomic mass is 9.79. The van der Waals surface area contributed by atoms with Crippen LogP contribution in [0.2, 0.25) is 0 Å². The van der Waals surface area contributed by atoms with Crippen LogP contribution in [0.15, 0.2) is 158 Å². The largest absolute Gasteiger partial charge is 0.0622 e. The third kappa shape index (κ3) is 3.94. The average Bonchev–Trinajstić information content (AvgIpc) is 3.53. The molecule has 0 aliphatic heterocycles. The van der Waals surface area contributed by atoms with Crippen molar-refractivity contribution in [2.45, 2.75) is 38.5 Å². The van der Waals surface area contributed by atoms with Crippen molar-refractivity contribution in [1.82, 2.24) is 0 Å². The second kappa shape index (κ2) is 10.4. The number of benzene rings is 8. The first-order chi connectivity index (χ1) is 24.3. The second-order valence-electron chi connectivity index (χ2n) is 15.3. The van der Waals surface area contributed by atoms with Crippen LogP contribution in [0.25, 0.3) is 77.2 Å². The quantitative estimate of drug-likeness (QED) is 0.169. The van der Waals surface area contributed by atoms with Crippen LogP contribution in [-0.4, -0.2) is 0 Å². The maximum absolute atomic E-state index is 2.51. The molecule has 8 aromatic rings. The van der Waals surface area contributed by atoms with E-state index in [1.807, 2.05) is 0 Å². The molecule has 0 radical (unpaired) electrons. The molecule has 50 heavy (non-hydrogen) atoms. The van der Waals surface area contributed by atoms with E-state index in [0.717, 1.165) is 0 Å². The topological polar surface area (TPSA) is 0 Å². The van der Waals surface area contributed by atoms with Crippen LogP contribution in [0, 0.1) is 0 Å². The van der Waals surface area contributed by atoms with Crippen molar-refractivity contribution in [3.63, 3.8) is 0 Å². The lowest BCUT2D eigenvalue weighted by Crippen LogP contribution is -2.17. The van der Waals surface area contributed by atoms with Crippen LogP contribution in [-0.2, 0) is 10.8 Å². The molecular formula is C50H38. The van der Waals surface area contributed by atoms with Gasteiger partial charge < -0.3 is 0 Å². The summed E-state index contributed by atoms with van der Waals surface area (Å²) in [4.78, 5) is 0. The van der Waals surface area contributed by atoms with E-state index < -0.39 is 0 Å². The molecule has 0 saturated carbocycles. The zero-order chi connectivity index (χ0) is 33.8. The van der Waals surface area contributed by atoms with Gasteiger partial charge in [-0.25, -0.2) is 0 Å². The summed E-state index contributed by atoms with van der Waals surface area (Å²) >= 11 is 0. The van der Waals surface area contributed by atoms with Crippen molar-refractivity contribution in [3.8, 4) is 55.6 Å². The Kier molecular flexibility index (Phi) is 6.07. The molecule has 10 rings (SSSR count). The smallest absolute Gasteiger partial charge is 0.0159 e. The Balaban J connectivity index is 1.22. The fourth-order valence-corrected chi connectivity index (χ4v) is 9.40. The fraction of sp³-hybridized carbons (Fsp3) is 0.120. The van der Waals surface area contributed by atoms with Gasteiger partial charge in [0, 0.05) is 10.8 Å². The first-order valence-electron chi connectivity index (χ1n) is 17.9. The molecule has 0 nitrogen and oxygen atoms in total. The van der Waals surface area contributed by atoms with Crippen molar-refractivity contribution in [2.24, 2.45) is 0 Å². The molecule has 0 spiro atoms. The molecule has 0 amide bonds. The molecule has 2 aliphatic carbocycles. The minimum atomic E-state index is -0.0835. The predicted octanol–water partition coefficient (Wildman–Crippen LogP) is 13.6. The summed E-state index contributed by atoms with van der Waals surface area (Å²) in [7, 11) is 0. The molecular weight excluding hydrogens is 601 g/mol. The molecule has 0 heteroatoms. The van der Waals surface area contributed by atoms with Crippen LogP contribution >= 0.6 is 0 Å². The normalized spacial score (nSPS) is 14.7. The second-order valence-corrected chi connectivity index (χ2v) is 15.3. The molecule has 0 atom stereocenters. The molecule has 8 aromatic carbocycles. The predicted molar refractivity (Wildman–Crippen MR) is 213 cm³/mol. The van der Waals surface area contributed by atoms with Crippen LogP contribution in [0.3, 0.4) is 0 Å². The highest BCUT2D eigenvalue weighted by Crippen LogP contribution is 2.59. The van der Waals surface area contributed by atoms with Gasteiger partial charge in [0.25, 0.3) is 0 Å². The third-order valence-corrected chi connectivity index (χ3v) is 11.9. The van der Waals surface area contributed by atoms with Crippen molar-refractivity contribution >= 4 is 21.5 Å². The molecule has 2 aliphatic rings. The Morgan fingerprint density at radius 2 is 0.680 bits per heavy atom. The highest BCUT2D eigenvalue weighted by molar-refractivity contribution is 6.21. The van der Waals surface area contributed by atoms with Crippen LogP contribution in [0.5, 0.6) is 0 Å². The van der Waals surface area contributed by atoms with Gasteiger partial charge in [-0.2, -0.15) is 0 Å². The standard InChI is InChI=1S/C50H38/c1-49(2)41-21-13-12-20-39(41)47-43(49)28-29-44-48(47)40-30-34(26-27-42(40)50(44,3)4)46-37-18-10-8-16-35(37)45(36-17-9-11-19-38(36)46)33-24-22-32(23-25-33)31-14-6-5-7-15-31/h5-30H,1-4H3. The average molecular weight is 639 g/mol. The van der Waals surface area contributed by atoms with Crippen molar-refractivity contribution in [1.29, 1.82) is 0 Å². The molecule has 0 heterocycles. The third-order valence-electron chi connectivity index (χ3n) is 11.9. The van der Waals surface area contributed by atoms with E-state index in [1.54, 1.807) is 0 Å². The van der Waals surface area contributed by atoms with Gasteiger partial charge >= 0.3 is 0 Å². The summed E-state index contributed by atoms with van der Waals surface area (Å²) in [5.74, 6) is 0. The van der Waals surface area contributed by atoms with E-state index in [1.165, 1.54) is 99.4 Å². The van der Waals surface area contributed by atoms with Crippen molar-refractivity contribution in [3.05, 3.63) is 180 Å². The maximum atomic E-state index is 2.51. The highest BCUT2D eigenvalue weighted by Gasteiger charge is 2.43. The van der Waals surface area contributed by atoms with Gasteiger partial charge in [-0.1, -0.05) is 179 Å². The van der Waals surface area contributed by atoms with E-state index in [2.05, 4.69) is 185 Å². The fourth-order valence-electron chi connectivity index (χ4n) is 9.40. The van der Waals surface area contributed by atoms with Gasteiger partial charge in [0.2, 0.25) is 0 Å². The molecule has 0 N–H and O–H groups in total. The number of fused-ring (bicyclic) bond motifs is 9. The first kappa shape index (κ1) is 29.2. The Morgan fingerprint density at radius 1 is 0.280 bits per heavy atom. The van der Waals surface area contributed by atoms with Crippen LogP contribution in [0.4, 0.5) is 0 Å². The minimum absolute atomic E-state index is 0.0347. The first-order valence-corrected chi connectivity index (χ1v) is 17.9. The van der Waals surface area contributed by atoms with Gasteiger partial charge in [-0.3, -0.25) is 0 Å². The molecule has 0 saturated heterocycles. The zero-order valence-electron chi connectivity index (χ0n) is 29.0. The van der Waals surface area contributed by atoms with Gasteiger partial charge in [0.1, 0.15) is 0 Å². The maximum Gasteiger partial charge on any atom is 0.0159 e. The number of hydrogen-bond acceptors (Lipinski definition) is 0. The van der Waals surface area contributed by atoms with Gasteiger partial charge in [-0.05, 0) is 105 Å². The summed E-state index contributed by atoms with van der Waals surface area (Å²) in [6.07, 6.45) is 0. The minimum Gasteiger partial charge on any atom is -0.0622 e. The molecule has 0 fully saturated rings. The van der Waals surface area contributed by atoms with E-state index in [4.69, 9.17) is 0 Å². The summed E-state index contributed by atoms with van der Waals surface area (Å²) in [5.41, 5.74) is 18.8. The summed E-state index contributed by atoms with van der Waals surface area (Å²) in [5, 5.41) is 5.14. The number of hydrogen-bond donors (Lipinski definition) is 0. The lowest BCUT2D eigenvalue weighted by molar-refractivity contribution is 0.651. The highest BCUT2D eigenvalue weighted by atomic mass is 14.5.